The maximum Gasteiger partial charge on any atom is 0.408 e. The van der Waals surface area contributed by atoms with Gasteiger partial charge in [0.25, 0.3) is 0 Å². The molecule has 2 rings (SSSR count). The first-order valence-corrected chi connectivity index (χ1v) is 7.30. The van der Waals surface area contributed by atoms with Gasteiger partial charge >= 0.3 is 12.2 Å². The molecule has 0 spiro atoms. The van der Waals surface area contributed by atoms with Crippen LogP contribution in [0.4, 0.5) is 23.7 Å². The average Bonchev–Trinajstić information content (AvgIpc) is 2.73. The Kier molecular flexibility index (Phi) is 5.15. The molecule has 0 unspecified atom stereocenters. The number of urea groups is 1. The molecule has 22 heavy (non-hydrogen) atoms. The third kappa shape index (κ3) is 4.29. The summed E-state index contributed by atoms with van der Waals surface area (Å²) in [5.41, 5.74) is 1.06. The van der Waals surface area contributed by atoms with Crippen LogP contribution in [0.5, 0.6) is 0 Å². The normalized spacial score (nSPS) is 17.8. The largest absolute Gasteiger partial charge is 0.408 e. The van der Waals surface area contributed by atoms with Crippen molar-refractivity contribution in [2.24, 2.45) is 0 Å². The van der Waals surface area contributed by atoms with Crippen molar-refractivity contribution < 1.29 is 18.0 Å². The van der Waals surface area contributed by atoms with Crippen LogP contribution >= 0.6 is 0 Å². The number of carbonyl (C=O) groups excluding carboxylic acids is 1. The van der Waals surface area contributed by atoms with E-state index in [-0.39, 0.29) is 0 Å². The van der Waals surface area contributed by atoms with Gasteiger partial charge in [-0.3, -0.25) is 0 Å². The van der Waals surface area contributed by atoms with Crippen molar-refractivity contribution in [2.45, 2.75) is 25.6 Å². The Morgan fingerprint density at radius 1 is 1.14 bits per heavy atom. The lowest BCUT2D eigenvalue weighted by molar-refractivity contribution is -0.149. The van der Waals surface area contributed by atoms with Crippen LogP contribution in [-0.2, 0) is 0 Å². The summed E-state index contributed by atoms with van der Waals surface area (Å²) in [6.07, 6.45) is -3.69. The first kappa shape index (κ1) is 16.5. The minimum atomic E-state index is -4.42. The second-order valence-corrected chi connectivity index (χ2v) is 5.38. The number of anilines is 1. The van der Waals surface area contributed by atoms with Gasteiger partial charge in [-0.25, -0.2) is 4.79 Å². The summed E-state index contributed by atoms with van der Waals surface area (Å²) in [6.45, 7) is 3.21. The summed E-state index contributed by atoms with van der Waals surface area (Å²) < 4.78 is 37.5. The zero-order chi connectivity index (χ0) is 16.2. The molecular weight excluding hydrogens is 295 g/mol. The van der Waals surface area contributed by atoms with Gasteiger partial charge in [0.1, 0.15) is 6.04 Å². The predicted octanol–water partition coefficient (Wildman–Crippen LogP) is 2.86. The van der Waals surface area contributed by atoms with Gasteiger partial charge in [0.15, 0.2) is 0 Å². The number of nitrogens with zero attached hydrogens (tertiary/aromatic N) is 2. The molecule has 0 aromatic heterocycles. The number of amides is 2. The highest BCUT2D eigenvalue weighted by atomic mass is 19.4. The van der Waals surface area contributed by atoms with E-state index in [9.17, 15) is 18.0 Å². The molecule has 1 aliphatic rings. The van der Waals surface area contributed by atoms with E-state index in [2.05, 4.69) is 4.90 Å². The first-order chi connectivity index (χ1) is 10.4. The molecule has 4 nitrogen and oxygen atoms in total. The van der Waals surface area contributed by atoms with Gasteiger partial charge in [-0.1, -0.05) is 18.2 Å². The zero-order valence-corrected chi connectivity index (χ0v) is 12.4. The highest BCUT2D eigenvalue weighted by molar-refractivity contribution is 5.74. The molecule has 7 heteroatoms. The van der Waals surface area contributed by atoms with E-state index in [4.69, 9.17) is 0 Å². The third-order valence-corrected chi connectivity index (χ3v) is 3.74. The first-order valence-electron chi connectivity index (χ1n) is 7.30. The van der Waals surface area contributed by atoms with Crippen molar-refractivity contribution >= 4 is 11.7 Å². The van der Waals surface area contributed by atoms with E-state index >= 15 is 0 Å². The van der Waals surface area contributed by atoms with E-state index in [1.165, 1.54) is 4.90 Å². The van der Waals surface area contributed by atoms with Crippen LogP contribution < -0.4 is 10.2 Å². The second-order valence-electron chi connectivity index (χ2n) is 5.38. The molecular formula is C15H20F3N3O. The maximum atomic E-state index is 12.5. The quantitative estimate of drug-likeness (QED) is 0.911. The van der Waals surface area contributed by atoms with Crippen molar-refractivity contribution in [1.82, 2.24) is 10.2 Å². The Balaban J connectivity index is 1.91. The van der Waals surface area contributed by atoms with Crippen LogP contribution in [0, 0.1) is 0 Å². The second kappa shape index (κ2) is 6.89. The van der Waals surface area contributed by atoms with Crippen LogP contribution in [-0.4, -0.2) is 49.3 Å². The van der Waals surface area contributed by atoms with Crippen LogP contribution in [0.3, 0.4) is 0 Å². The Morgan fingerprint density at radius 2 is 1.82 bits per heavy atom. The lowest BCUT2D eigenvalue weighted by Gasteiger charge is -2.25. The molecule has 1 aromatic rings. The fraction of sp³-hybridized carbons (Fsp3) is 0.533. The Labute approximate surface area is 127 Å². The molecule has 0 radical (unpaired) electrons. The number of halogens is 3. The Morgan fingerprint density at radius 3 is 2.45 bits per heavy atom. The number of benzene rings is 1. The van der Waals surface area contributed by atoms with Gasteiger partial charge in [0.05, 0.1) is 0 Å². The highest BCUT2D eigenvalue weighted by Gasteiger charge is 2.37. The molecule has 0 aliphatic carbocycles. The predicted molar refractivity (Wildman–Crippen MR) is 78.9 cm³/mol. The number of hydrogen-bond acceptors (Lipinski definition) is 2. The van der Waals surface area contributed by atoms with Gasteiger partial charge in [0.2, 0.25) is 0 Å². The molecule has 1 atom stereocenters. The van der Waals surface area contributed by atoms with Crippen LogP contribution in [0.15, 0.2) is 30.3 Å². The van der Waals surface area contributed by atoms with Gasteiger partial charge in [-0.05, 0) is 25.5 Å². The molecule has 1 aromatic carbocycles. The van der Waals surface area contributed by atoms with Crippen molar-refractivity contribution in [3.8, 4) is 0 Å². The number of alkyl halides is 3. The summed E-state index contributed by atoms with van der Waals surface area (Å²) >= 11 is 0. The molecule has 1 saturated heterocycles. The molecule has 1 N–H and O–H groups in total. The SMILES string of the molecule is C[C@@H](NC(=O)N1CCCN(c2ccccc2)CC1)C(F)(F)F. The molecule has 122 valence electrons. The summed E-state index contributed by atoms with van der Waals surface area (Å²) in [7, 11) is 0. The van der Waals surface area contributed by atoms with Gasteiger partial charge in [-0.15, -0.1) is 0 Å². The van der Waals surface area contributed by atoms with E-state index in [0.29, 0.717) is 19.6 Å². The number of hydrogen-bond donors (Lipinski definition) is 1. The number of para-hydroxylation sites is 1. The summed E-state index contributed by atoms with van der Waals surface area (Å²) in [5, 5.41) is 2.02. The van der Waals surface area contributed by atoms with Crippen molar-refractivity contribution in [1.29, 1.82) is 0 Å². The third-order valence-electron chi connectivity index (χ3n) is 3.74. The standard InChI is InChI=1S/C15H20F3N3O/c1-12(15(16,17)18)19-14(22)21-9-5-8-20(10-11-21)13-6-3-2-4-7-13/h2-4,6-7,12H,5,8-11H2,1H3,(H,19,22)/t12-/m1/s1. The highest BCUT2D eigenvalue weighted by Crippen LogP contribution is 2.20. The van der Waals surface area contributed by atoms with Crippen LogP contribution in [0.1, 0.15) is 13.3 Å². The van der Waals surface area contributed by atoms with Gasteiger partial charge < -0.3 is 15.1 Å². The number of carbonyl (C=O) groups is 1. The fourth-order valence-corrected chi connectivity index (χ4v) is 2.38. The van der Waals surface area contributed by atoms with Crippen LogP contribution in [0.2, 0.25) is 0 Å². The smallest absolute Gasteiger partial charge is 0.370 e. The minimum absolute atomic E-state index is 0.408. The fourth-order valence-electron chi connectivity index (χ4n) is 2.38. The lowest BCUT2D eigenvalue weighted by Crippen LogP contribution is -2.50. The van der Waals surface area contributed by atoms with E-state index in [1.807, 2.05) is 35.6 Å². The summed E-state index contributed by atoms with van der Waals surface area (Å²) in [5.74, 6) is 0. The van der Waals surface area contributed by atoms with Gasteiger partial charge in [-0.2, -0.15) is 13.2 Å². The zero-order valence-electron chi connectivity index (χ0n) is 12.4. The van der Waals surface area contributed by atoms with E-state index in [0.717, 1.165) is 25.6 Å². The van der Waals surface area contributed by atoms with Gasteiger partial charge in [0, 0.05) is 31.9 Å². The number of rotatable bonds is 2. The van der Waals surface area contributed by atoms with E-state index in [1.54, 1.807) is 0 Å². The lowest BCUT2D eigenvalue weighted by atomic mass is 10.3. The van der Waals surface area contributed by atoms with E-state index < -0.39 is 18.2 Å². The molecule has 0 saturated carbocycles. The van der Waals surface area contributed by atoms with Crippen molar-refractivity contribution in [2.75, 3.05) is 31.1 Å². The molecule has 1 aliphatic heterocycles. The van der Waals surface area contributed by atoms with Crippen LogP contribution in [0.25, 0.3) is 0 Å². The Hall–Kier alpha value is -1.92. The maximum absolute atomic E-state index is 12.5. The molecule has 2 amide bonds. The molecule has 1 fully saturated rings. The molecule has 1 heterocycles. The minimum Gasteiger partial charge on any atom is -0.370 e. The number of nitrogens with one attached hydrogen (secondary N) is 1. The average molecular weight is 315 g/mol. The van der Waals surface area contributed by atoms with Crippen molar-refractivity contribution in [3.63, 3.8) is 0 Å². The topological polar surface area (TPSA) is 35.6 Å². The summed E-state index contributed by atoms with van der Waals surface area (Å²) in [6, 6.07) is 7.29. The molecule has 0 bridgehead atoms. The Bertz CT molecular complexity index is 493. The van der Waals surface area contributed by atoms with Crippen molar-refractivity contribution in [3.05, 3.63) is 30.3 Å². The summed E-state index contributed by atoms with van der Waals surface area (Å²) in [4.78, 5) is 15.5. The monoisotopic (exact) mass is 315 g/mol.